The van der Waals surface area contributed by atoms with Crippen molar-refractivity contribution < 1.29 is 27.4 Å². The first-order valence-corrected chi connectivity index (χ1v) is 11.3. The van der Waals surface area contributed by atoms with Gasteiger partial charge in [0.2, 0.25) is 0 Å². The smallest absolute Gasteiger partial charge is 0.416 e. The first-order chi connectivity index (χ1) is 13.8. The Bertz CT molecular complexity index is 695. The number of hydrogen-bond acceptors (Lipinski definition) is 5. The van der Waals surface area contributed by atoms with E-state index in [0.717, 1.165) is 69.2 Å². The number of ether oxygens (including phenoxy) is 2. The van der Waals surface area contributed by atoms with Crippen LogP contribution in [0.5, 0.6) is 5.75 Å². The number of carbonyl (C=O) groups is 1. The normalized spacial score (nSPS) is 23.3. The minimum atomic E-state index is -4.48. The van der Waals surface area contributed by atoms with Crippen molar-refractivity contribution in [3.05, 3.63) is 23.3 Å². The highest BCUT2D eigenvalue weighted by Crippen LogP contribution is 2.40. The molecule has 0 amide bonds. The fraction of sp³-hybridized carbons (Fsp3) is 0.667. The molecule has 1 saturated heterocycles. The number of rotatable bonds is 7. The van der Waals surface area contributed by atoms with Crippen LogP contribution in [0.3, 0.4) is 0 Å². The summed E-state index contributed by atoms with van der Waals surface area (Å²) >= 11 is 1.14. The van der Waals surface area contributed by atoms with E-state index in [2.05, 4.69) is 5.32 Å². The van der Waals surface area contributed by atoms with Crippen LogP contribution >= 0.6 is 11.8 Å². The third kappa shape index (κ3) is 5.47. The lowest BCUT2D eigenvalue weighted by molar-refractivity contribution is -0.137. The summed E-state index contributed by atoms with van der Waals surface area (Å²) in [6.45, 7) is 1.52. The van der Waals surface area contributed by atoms with Gasteiger partial charge in [-0.25, -0.2) is 0 Å². The maximum Gasteiger partial charge on any atom is 0.416 e. The molecule has 0 unspecified atom stereocenters. The van der Waals surface area contributed by atoms with Gasteiger partial charge in [-0.2, -0.15) is 13.2 Å². The van der Waals surface area contributed by atoms with Gasteiger partial charge < -0.3 is 14.8 Å². The van der Waals surface area contributed by atoms with Gasteiger partial charge in [0.25, 0.3) is 0 Å². The summed E-state index contributed by atoms with van der Waals surface area (Å²) < 4.78 is 50.2. The second-order valence-electron chi connectivity index (χ2n) is 7.73. The molecular weight excluding hydrogens is 403 g/mol. The number of nitrogens with one attached hydrogen (secondary N) is 1. The molecule has 2 aliphatic rings. The fourth-order valence-corrected chi connectivity index (χ4v) is 5.02. The van der Waals surface area contributed by atoms with E-state index < -0.39 is 11.7 Å². The Morgan fingerprint density at radius 1 is 1.24 bits per heavy atom. The predicted octanol–water partition coefficient (Wildman–Crippen LogP) is 4.95. The second kappa shape index (κ2) is 9.71. The molecule has 1 N–H and O–H groups in total. The van der Waals surface area contributed by atoms with Crippen LogP contribution in [-0.4, -0.2) is 44.4 Å². The summed E-state index contributed by atoms with van der Waals surface area (Å²) in [7, 11) is 1.31. The predicted molar refractivity (Wildman–Crippen MR) is 107 cm³/mol. The van der Waals surface area contributed by atoms with Gasteiger partial charge in [-0.15, -0.1) is 11.8 Å². The van der Waals surface area contributed by atoms with Crippen molar-refractivity contribution in [1.82, 2.24) is 5.32 Å². The van der Waals surface area contributed by atoms with Gasteiger partial charge in [-0.1, -0.05) is 6.42 Å². The van der Waals surface area contributed by atoms with E-state index in [1.165, 1.54) is 7.11 Å². The summed E-state index contributed by atoms with van der Waals surface area (Å²) in [5.41, 5.74) is -0.528. The van der Waals surface area contributed by atoms with Crippen LogP contribution < -0.4 is 10.1 Å². The molecule has 0 aromatic heterocycles. The highest BCUT2D eigenvalue weighted by Gasteiger charge is 2.35. The molecule has 3 rings (SSSR count). The van der Waals surface area contributed by atoms with Crippen molar-refractivity contribution >= 4 is 17.5 Å². The molecule has 162 valence electrons. The number of hydrogen-bond donors (Lipinski definition) is 1. The molecule has 8 heteroatoms. The van der Waals surface area contributed by atoms with Crippen molar-refractivity contribution in [3.63, 3.8) is 0 Å². The van der Waals surface area contributed by atoms with Gasteiger partial charge in [-0.05, 0) is 50.0 Å². The number of thioether (sulfide) groups is 1. The van der Waals surface area contributed by atoms with Crippen LogP contribution in [0, 0.1) is 5.92 Å². The Balaban J connectivity index is 1.77. The quantitative estimate of drug-likeness (QED) is 0.489. The van der Waals surface area contributed by atoms with Crippen LogP contribution in [0.2, 0.25) is 0 Å². The molecule has 1 heterocycles. The molecular formula is C21H28F3NO3S. The number of ketones is 1. The molecule has 0 spiro atoms. The van der Waals surface area contributed by atoms with Gasteiger partial charge in [0, 0.05) is 36.6 Å². The van der Waals surface area contributed by atoms with Crippen LogP contribution in [0.4, 0.5) is 13.2 Å². The van der Waals surface area contributed by atoms with Gasteiger partial charge in [0.15, 0.2) is 5.78 Å². The lowest BCUT2D eigenvalue weighted by Crippen LogP contribution is -2.43. The van der Waals surface area contributed by atoms with E-state index in [1.54, 1.807) is 6.26 Å². The van der Waals surface area contributed by atoms with Crippen LogP contribution in [0.15, 0.2) is 17.0 Å². The van der Waals surface area contributed by atoms with Crippen molar-refractivity contribution in [2.24, 2.45) is 5.92 Å². The zero-order valence-corrected chi connectivity index (χ0v) is 17.6. The Hall–Kier alpha value is -1.25. The summed E-state index contributed by atoms with van der Waals surface area (Å²) in [5.74, 6) is 0.0405. The van der Waals surface area contributed by atoms with Crippen LogP contribution in [0.1, 0.15) is 54.4 Å². The molecule has 0 radical (unpaired) electrons. The molecule has 1 aliphatic heterocycles. The van der Waals surface area contributed by atoms with Gasteiger partial charge in [0.05, 0.1) is 18.2 Å². The topological polar surface area (TPSA) is 47.6 Å². The lowest BCUT2D eigenvalue weighted by Gasteiger charge is -2.29. The third-order valence-electron chi connectivity index (χ3n) is 5.89. The average Bonchev–Trinajstić information content (AvgIpc) is 3.13. The number of carbonyl (C=O) groups excluding carboxylic acids is 1. The van der Waals surface area contributed by atoms with Crippen molar-refractivity contribution in [2.75, 3.05) is 26.6 Å². The Labute approximate surface area is 173 Å². The summed E-state index contributed by atoms with van der Waals surface area (Å²) in [4.78, 5) is 13.5. The minimum Gasteiger partial charge on any atom is -0.496 e. The van der Waals surface area contributed by atoms with E-state index in [9.17, 15) is 18.0 Å². The number of alkyl halides is 3. The molecule has 1 aliphatic carbocycles. The molecule has 1 aromatic carbocycles. The highest BCUT2D eigenvalue weighted by molar-refractivity contribution is 7.98. The molecule has 1 saturated carbocycles. The van der Waals surface area contributed by atoms with E-state index in [4.69, 9.17) is 9.47 Å². The number of halogens is 3. The monoisotopic (exact) mass is 431 g/mol. The minimum absolute atomic E-state index is 0.00103. The van der Waals surface area contributed by atoms with E-state index >= 15 is 0 Å². The van der Waals surface area contributed by atoms with Gasteiger partial charge >= 0.3 is 6.18 Å². The Morgan fingerprint density at radius 2 is 1.97 bits per heavy atom. The molecule has 1 aromatic rings. The zero-order chi connectivity index (χ0) is 21.0. The number of methoxy groups -OCH3 is 1. The molecule has 29 heavy (non-hydrogen) atoms. The lowest BCUT2D eigenvalue weighted by atomic mass is 9.92. The molecule has 2 fully saturated rings. The van der Waals surface area contributed by atoms with Crippen LogP contribution in [-0.2, 0) is 10.9 Å². The second-order valence-corrected chi connectivity index (χ2v) is 8.58. The SMILES string of the molecule is COc1cc(C(F)(F)F)cc(SC)c1C(=O)C[C@@H]1CCC[C@@H]1NC1CCOCC1. The number of Topliss-reactive ketones (excluding diaryl/α,β-unsaturated/α-hetero) is 1. The summed E-state index contributed by atoms with van der Waals surface area (Å²) in [6, 6.07) is 2.65. The highest BCUT2D eigenvalue weighted by atomic mass is 32.2. The van der Waals surface area contributed by atoms with Crippen molar-refractivity contribution in [3.8, 4) is 5.75 Å². The first kappa shape index (κ1) is 22.4. The standard InChI is InChI=1S/C21H28F3NO3S/c1-27-18-11-14(21(22,23)24)12-19(29-2)20(18)17(26)10-13-4-3-5-16(13)25-15-6-8-28-9-7-15/h11-13,15-16,25H,3-10H2,1-2H3/t13-,16-/m0/s1. The molecule has 0 bridgehead atoms. The van der Waals surface area contributed by atoms with Gasteiger partial charge in [-0.3, -0.25) is 4.79 Å². The van der Waals surface area contributed by atoms with Crippen molar-refractivity contribution in [1.29, 1.82) is 0 Å². The Morgan fingerprint density at radius 3 is 2.59 bits per heavy atom. The Kier molecular flexibility index (Phi) is 7.51. The fourth-order valence-electron chi connectivity index (χ4n) is 4.36. The van der Waals surface area contributed by atoms with E-state index in [1.807, 2.05) is 0 Å². The molecule has 2 atom stereocenters. The summed E-state index contributed by atoms with van der Waals surface area (Å²) in [5, 5.41) is 3.69. The number of benzene rings is 1. The average molecular weight is 432 g/mol. The van der Waals surface area contributed by atoms with E-state index in [0.29, 0.717) is 17.4 Å². The summed E-state index contributed by atoms with van der Waals surface area (Å²) in [6.07, 6.45) is 2.48. The van der Waals surface area contributed by atoms with Gasteiger partial charge in [0.1, 0.15) is 5.75 Å². The third-order valence-corrected chi connectivity index (χ3v) is 6.65. The van der Waals surface area contributed by atoms with Crippen molar-refractivity contribution in [2.45, 2.75) is 61.7 Å². The maximum absolute atomic E-state index is 13.2. The maximum atomic E-state index is 13.2. The van der Waals surface area contributed by atoms with Crippen LogP contribution in [0.25, 0.3) is 0 Å². The molecule has 4 nitrogen and oxygen atoms in total. The largest absolute Gasteiger partial charge is 0.496 e. The first-order valence-electron chi connectivity index (χ1n) is 10.0. The zero-order valence-electron chi connectivity index (χ0n) is 16.8. The van der Waals surface area contributed by atoms with E-state index in [-0.39, 0.29) is 29.1 Å².